The van der Waals surface area contributed by atoms with Gasteiger partial charge in [0.2, 0.25) is 0 Å². The standard InChI is InChI=1S/C15H21NO/c1-2-13-9-6-10-16-15(13)14(17)11-12-7-4-3-5-8-12/h6,9-10,12H,2-5,7-8,11H2,1H3. The van der Waals surface area contributed by atoms with Gasteiger partial charge in [-0.2, -0.15) is 0 Å². The van der Waals surface area contributed by atoms with Gasteiger partial charge >= 0.3 is 0 Å². The number of ketones is 1. The quantitative estimate of drug-likeness (QED) is 0.738. The van der Waals surface area contributed by atoms with E-state index in [1.807, 2.05) is 12.1 Å². The zero-order valence-electron chi connectivity index (χ0n) is 10.6. The molecule has 0 spiro atoms. The Balaban J connectivity index is 2.03. The highest BCUT2D eigenvalue weighted by atomic mass is 16.1. The zero-order chi connectivity index (χ0) is 12.1. The van der Waals surface area contributed by atoms with Crippen LogP contribution < -0.4 is 0 Å². The van der Waals surface area contributed by atoms with Gasteiger partial charge in [-0.3, -0.25) is 9.78 Å². The second-order valence-corrected chi connectivity index (χ2v) is 5.00. The van der Waals surface area contributed by atoms with E-state index in [1.54, 1.807) is 6.20 Å². The van der Waals surface area contributed by atoms with E-state index in [0.29, 0.717) is 18.0 Å². The number of rotatable bonds is 4. The fourth-order valence-electron chi connectivity index (χ4n) is 2.73. The molecular formula is C15H21NO. The van der Waals surface area contributed by atoms with Crippen LogP contribution in [0.4, 0.5) is 0 Å². The molecule has 0 radical (unpaired) electrons. The maximum absolute atomic E-state index is 12.2. The molecule has 1 aliphatic carbocycles. The van der Waals surface area contributed by atoms with Gasteiger partial charge in [0, 0.05) is 12.6 Å². The molecule has 0 unspecified atom stereocenters. The minimum Gasteiger partial charge on any atom is -0.292 e. The molecule has 0 saturated heterocycles. The predicted molar refractivity (Wildman–Crippen MR) is 69.1 cm³/mol. The minimum atomic E-state index is 0.245. The summed E-state index contributed by atoms with van der Waals surface area (Å²) in [5.74, 6) is 0.845. The Kier molecular flexibility index (Phi) is 4.29. The third-order valence-electron chi connectivity index (χ3n) is 3.74. The molecule has 92 valence electrons. The molecule has 1 aliphatic rings. The van der Waals surface area contributed by atoms with Gasteiger partial charge in [-0.1, -0.05) is 45.1 Å². The van der Waals surface area contributed by atoms with Crippen LogP contribution in [0.15, 0.2) is 18.3 Å². The molecule has 17 heavy (non-hydrogen) atoms. The summed E-state index contributed by atoms with van der Waals surface area (Å²) >= 11 is 0. The molecule has 0 N–H and O–H groups in total. The van der Waals surface area contributed by atoms with E-state index in [-0.39, 0.29) is 5.78 Å². The Morgan fingerprint density at radius 3 is 2.82 bits per heavy atom. The summed E-state index contributed by atoms with van der Waals surface area (Å²) in [6.07, 6.45) is 9.69. The lowest BCUT2D eigenvalue weighted by molar-refractivity contribution is 0.0944. The summed E-state index contributed by atoms with van der Waals surface area (Å²) in [5, 5.41) is 0. The molecule has 1 aromatic heterocycles. The number of hydrogen-bond acceptors (Lipinski definition) is 2. The Morgan fingerprint density at radius 1 is 1.35 bits per heavy atom. The van der Waals surface area contributed by atoms with Crippen LogP contribution >= 0.6 is 0 Å². The van der Waals surface area contributed by atoms with Crippen molar-refractivity contribution in [1.29, 1.82) is 0 Å². The third-order valence-corrected chi connectivity index (χ3v) is 3.74. The lowest BCUT2D eigenvalue weighted by Gasteiger charge is -2.20. The van der Waals surface area contributed by atoms with Crippen molar-refractivity contribution < 1.29 is 4.79 Å². The number of hydrogen-bond donors (Lipinski definition) is 0. The number of aromatic nitrogens is 1. The average Bonchev–Trinajstić information content (AvgIpc) is 2.40. The van der Waals surface area contributed by atoms with Gasteiger partial charge in [-0.05, 0) is 24.0 Å². The van der Waals surface area contributed by atoms with Crippen LogP contribution in [0, 0.1) is 5.92 Å². The van der Waals surface area contributed by atoms with Crippen molar-refractivity contribution in [3.63, 3.8) is 0 Å². The van der Waals surface area contributed by atoms with Gasteiger partial charge in [0.1, 0.15) is 5.69 Å². The van der Waals surface area contributed by atoms with Crippen molar-refractivity contribution >= 4 is 5.78 Å². The Morgan fingerprint density at radius 2 is 2.12 bits per heavy atom. The average molecular weight is 231 g/mol. The van der Waals surface area contributed by atoms with Crippen LogP contribution in [0.2, 0.25) is 0 Å². The number of nitrogens with zero attached hydrogens (tertiary/aromatic N) is 1. The van der Waals surface area contributed by atoms with Gasteiger partial charge in [0.15, 0.2) is 5.78 Å². The molecule has 1 heterocycles. The first-order valence-electron chi connectivity index (χ1n) is 6.78. The number of carbonyl (C=O) groups excluding carboxylic acids is 1. The minimum absolute atomic E-state index is 0.245. The lowest BCUT2D eigenvalue weighted by Crippen LogP contribution is -2.14. The summed E-state index contributed by atoms with van der Waals surface area (Å²) in [5.41, 5.74) is 1.80. The molecule has 2 nitrogen and oxygen atoms in total. The van der Waals surface area contributed by atoms with Gasteiger partial charge in [0.05, 0.1) is 0 Å². The molecule has 2 rings (SSSR count). The van der Waals surface area contributed by atoms with Crippen LogP contribution in [0.1, 0.15) is 61.5 Å². The molecule has 0 atom stereocenters. The molecule has 1 fully saturated rings. The van der Waals surface area contributed by atoms with Crippen LogP contribution in [0.25, 0.3) is 0 Å². The van der Waals surface area contributed by atoms with Gasteiger partial charge in [-0.25, -0.2) is 0 Å². The van der Waals surface area contributed by atoms with E-state index in [4.69, 9.17) is 0 Å². The normalized spacial score (nSPS) is 17.0. The smallest absolute Gasteiger partial charge is 0.181 e. The molecular weight excluding hydrogens is 210 g/mol. The number of carbonyl (C=O) groups is 1. The Labute approximate surface area is 103 Å². The fraction of sp³-hybridized carbons (Fsp3) is 0.600. The van der Waals surface area contributed by atoms with E-state index in [9.17, 15) is 4.79 Å². The highest BCUT2D eigenvalue weighted by Crippen LogP contribution is 2.27. The zero-order valence-corrected chi connectivity index (χ0v) is 10.6. The summed E-state index contributed by atoms with van der Waals surface area (Å²) in [6.45, 7) is 2.08. The van der Waals surface area contributed by atoms with E-state index in [1.165, 1.54) is 32.1 Å². The molecule has 0 bridgehead atoms. The molecule has 2 heteroatoms. The molecule has 1 aromatic rings. The molecule has 0 aromatic carbocycles. The van der Waals surface area contributed by atoms with Crippen LogP contribution in [-0.2, 0) is 6.42 Å². The van der Waals surface area contributed by atoms with Crippen LogP contribution in [0.5, 0.6) is 0 Å². The summed E-state index contributed by atoms with van der Waals surface area (Å²) < 4.78 is 0. The van der Waals surface area contributed by atoms with Crippen LogP contribution in [-0.4, -0.2) is 10.8 Å². The SMILES string of the molecule is CCc1cccnc1C(=O)CC1CCCCC1. The van der Waals surface area contributed by atoms with E-state index in [2.05, 4.69) is 11.9 Å². The Bertz CT molecular complexity index is 380. The predicted octanol–water partition coefficient (Wildman–Crippen LogP) is 3.80. The third kappa shape index (κ3) is 3.15. The monoisotopic (exact) mass is 231 g/mol. The number of pyridine rings is 1. The number of aryl methyl sites for hydroxylation is 1. The lowest BCUT2D eigenvalue weighted by atomic mass is 9.85. The topological polar surface area (TPSA) is 30.0 Å². The van der Waals surface area contributed by atoms with E-state index in [0.717, 1.165) is 12.0 Å². The van der Waals surface area contributed by atoms with Gasteiger partial charge in [0.25, 0.3) is 0 Å². The second-order valence-electron chi connectivity index (χ2n) is 5.00. The largest absolute Gasteiger partial charge is 0.292 e. The first-order valence-corrected chi connectivity index (χ1v) is 6.78. The second kappa shape index (κ2) is 5.95. The van der Waals surface area contributed by atoms with Gasteiger partial charge in [-0.15, -0.1) is 0 Å². The highest BCUT2D eigenvalue weighted by molar-refractivity contribution is 5.95. The Hall–Kier alpha value is -1.18. The first-order chi connectivity index (χ1) is 8.31. The maximum Gasteiger partial charge on any atom is 0.181 e. The molecule has 1 saturated carbocycles. The maximum atomic E-state index is 12.2. The molecule has 0 aliphatic heterocycles. The van der Waals surface area contributed by atoms with Crippen molar-refractivity contribution in [1.82, 2.24) is 4.98 Å². The highest BCUT2D eigenvalue weighted by Gasteiger charge is 2.19. The van der Waals surface area contributed by atoms with E-state index < -0.39 is 0 Å². The van der Waals surface area contributed by atoms with Crippen molar-refractivity contribution in [2.45, 2.75) is 51.9 Å². The number of Topliss-reactive ketones (excluding diaryl/α,β-unsaturated/α-hetero) is 1. The summed E-state index contributed by atoms with van der Waals surface area (Å²) in [7, 11) is 0. The van der Waals surface area contributed by atoms with Crippen molar-refractivity contribution in [2.24, 2.45) is 5.92 Å². The fourth-order valence-corrected chi connectivity index (χ4v) is 2.73. The van der Waals surface area contributed by atoms with Gasteiger partial charge < -0.3 is 0 Å². The van der Waals surface area contributed by atoms with Crippen molar-refractivity contribution in [3.05, 3.63) is 29.6 Å². The first kappa shape index (κ1) is 12.3. The van der Waals surface area contributed by atoms with Crippen molar-refractivity contribution in [3.8, 4) is 0 Å². The summed E-state index contributed by atoms with van der Waals surface area (Å²) in [6, 6.07) is 3.93. The van der Waals surface area contributed by atoms with E-state index >= 15 is 0 Å². The van der Waals surface area contributed by atoms with Crippen molar-refractivity contribution in [2.75, 3.05) is 0 Å². The van der Waals surface area contributed by atoms with Crippen LogP contribution in [0.3, 0.4) is 0 Å². The summed E-state index contributed by atoms with van der Waals surface area (Å²) in [4.78, 5) is 16.5. The molecule has 0 amide bonds.